The monoisotopic (exact) mass is 375 g/mol. The van der Waals surface area contributed by atoms with Gasteiger partial charge in [0.05, 0.1) is 7.11 Å². The first-order chi connectivity index (χ1) is 13.4. The van der Waals surface area contributed by atoms with Gasteiger partial charge in [0, 0.05) is 6.20 Å². The highest BCUT2D eigenvalue weighted by molar-refractivity contribution is 5.98. The summed E-state index contributed by atoms with van der Waals surface area (Å²) in [6.07, 6.45) is 2.70. The largest absolute Gasteiger partial charge is 0.465 e. The van der Waals surface area contributed by atoms with Gasteiger partial charge in [0.2, 0.25) is 5.88 Å². The number of aromatic nitrogens is 2. The van der Waals surface area contributed by atoms with E-state index in [2.05, 4.69) is 9.72 Å². The molecule has 3 rings (SSSR count). The predicted molar refractivity (Wildman–Crippen MR) is 103 cm³/mol. The van der Waals surface area contributed by atoms with Crippen molar-refractivity contribution < 1.29 is 14.3 Å². The van der Waals surface area contributed by atoms with Crippen LogP contribution in [-0.2, 0) is 9.53 Å². The lowest BCUT2D eigenvalue weighted by atomic mass is 10.2. The lowest BCUT2D eigenvalue weighted by Gasteiger charge is -2.11. The normalized spacial score (nSPS) is 11.1. The Labute approximate surface area is 161 Å². The summed E-state index contributed by atoms with van der Waals surface area (Å²) >= 11 is 0. The molecule has 7 heteroatoms. The molecule has 2 aromatic heterocycles. The van der Waals surface area contributed by atoms with Gasteiger partial charge in [-0.3, -0.25) is 9.20 Å². The Bertz CT molecular complexity index is 1190. The molecule has 28 heavy (non-hydrogen) atoms. The van der Waals surface area contributed by atoms with Crippen LogP contribution in [-0.4, -0.2) is 22.5 Å². The number of hydrogen-bond acceptors (Lipinski definition) is 6. The molecule has 7 nitrogen and oxygen atoms in total. The molecule has 2 heterocycles. The maximum atomic E-state index is 13.0. The summed E-state index contributed by atoms with van der Waals surface area (Å²) in [6.45, 7) is 3.76. The van der Waals surface area contributed by atoms with Gasteiger partial charge >= 0.3 is 5.97 Å². The molecule has 0 bridgehead atoms. The Hall–Kier alpha value is -3.92. The molecule has 0 aliphatic carbocycles. The molecule has 140 valence electrons. The van der Waals surface area contributed by atoms with E-state index in [4.69, 9.17) is 4.74 Å². The van der Waals surface area contributed by atoms with Crippen LogP contribution in [0.4, 0.5) is 0 Å². The molecule has 0 saturated carbocycles. The van der Waals surface area contributed by atoms with Gasteiger partial charge < -0.3 is 9.47 Å². The molecule has 1 aromatic carbocycles. The number of nitriles is 1. The summed E-state index contributed by atoms with van der Waals surface area (Å²) in [5.74, 6) is -0.376. The second kappa shape index (κ2) is 7.76. The Morgan fingerprint density at radius 3 is 2.57 bits per heavy atom. The number of ether oxygens (including phenoxy) is 2. The van der Waals surface area contributed by atoms with Crippen LogP contribution >= 0.6 is 0 Å². The van der Waals surface area contributed by atoms with Gasteiger partial charge in [0.1, 0.15) is 28.6 Å². The molecule has 0 N–H and O–H groups in total. The lowest BCUT2D eigenvalue weighted by Crippen LogP contribution is -2.20. The van der Waals surface area contributed by atoms with Gasteiger partial charge in [-0.1, -0.05) is 23.8 Å². The Kier molecular flexibility index (Phi) is 5.23. The van der Waals surface area contributed by atoms with Gasteiger partial charge in [0.15, 0.2) is 0 Å². The zero-order valence-electron chi connectivity index (χ0n) is 15.6. The van der Waals surface area contributed by atoms with Crippen LogP contribution in [0.2, 0.25) is 0 Å². The number of pyridine rings is 1. The standard InChI is InChI=1S/C21H17N3O4/c1-13-6-8-16(9-7-13)28-19-17(11-15(12-22)21(26)27-3)20(25)24-10-4-5-14(2)18(24)23-19/h4-11H,1-3H3/b15-11+. The number of carbonyl (C=O) groups excluding carboxylic acids is 1. The van der Waals surface area contributed by atoms with Crippen molar-refractivity contribution in [3.8, 4) is 17.7 Å². The number of esters is 1. The Morgan fingerprint density at radius 2 is 1.93 bits per heavy atom. The minimum atomic E-state index is -0.850. The van der Waals surface area contributed by atoms with Crippen LogP contribution in [0.5, 0.6) is 11.6 Å². The van der Waals surface area contributed by atoms with Crippen LogP contribution in [0.1, 0.15) is 16.7 Å². The van der Waals surface area contributed by atoms with Crippen molar-refractivity contribution in [1.82, 2.24) is 9.38 Å². The van der Waals surface area contributed by atoms with E-state index in [1.165, 1.54) is 4.40 Å². The van der Waals surface area contributed by atoms with Gasteiger partial charge in [-0.25, -0.2) is 4.79 Å². The molecule has 0 unspecified atom stereocenters. The van der Waals surface area contributed by atoms with E-state index in [1.807, 2.05) is 32.0 Å². The van der Waals surface area contributed by atoms with Gasteiger partial charge in [0.25, 0.3) is 5.56 Å². The fourth-order valence-corrected chi connectivity index (χ4v) is 2.60. The van der Waals surface area contributed by atoms with E-state index in [-0.39, 0.29) is 17.0 Å². The molecule has 0 amide bonds. The van der Waals surface area contributed by atoms with E-state index in [0.717, 1.165) is 24.3 Å². The highest BCUT2D eigenvalue weighted by atomic mass is 16.5. The van der Waals surface area contributed by atoms with Crippen LogP contribution in [0.3, 0.4) is 0 Å². The van der Waals surface area contributed by atoms with E-state index in [1.54, 1.807) is 30.5 Å². The highest BCUT2D eigenvalue weighted by Gasteiger charge is 2.18. The number of nitrogens with zero attached hydrogens (tertiary/aromatic N) is 3. The fraction of sp³-hybridized carbons (Fsp3) is 0.143. The predicted octanol–water partition coefficient (Wildman–Crippen LogP) is 3.18. The molecule has 3 aromatic rings. The second-order valence-electron chi connectivity index (χ2n) is 6.10. The number of carbonyl (C=O) groups is 1. The van der Waals surface area contributed by atoms with E-state index in [9.17, 15) is 14.9 Å². The molecule has 0 radical (unpaired) electrons. The average molecular weight is 375 g/mol. The number of methoxy groups -OCH3 is 1. The number of benzene rings is 1. The minimum absolute atomic E-state index is 0.000180. The molecular weight excluding hydrogens is 358 g/mol. The molecule has 0 spiro atoms. The Balaban J connectivity index is 2.27. The lowest BCUT2D eigenvalue weighted by molar-refractivity contribution is -0.135. The van der Waals surface area contributed by atoms with E-state index >= 15 is 0 Å². The summed E-state index contributed by atoms with van der Waals surface area (Å²) in [4.78, 5) is 29.3. The molecule has 0 aliphatic heterocycles. The molecule has 0 aliphatic rings. The van der Waals surface area contributed by atoms with Crippen LogP contribution in [0.15, 0.2) is 53.0 Å². The Morgan fingerprint density at radius 1 is 1.21 bits per heavy atom. The maximum absolute atomic E-state index is 13.0. The van der Waals surface area contributed by atoms with Crippen molar-refractivity contribution in [2.45, 2.75) is 13.8 Å². The van der Waals surface area contributed by atoms with Gasteiger partial charge in [-0.2, -0.15) is 10.2 Å². The smallest absolute Gasteiger partial charge is 0.348 e. The topological polar surface area (TPSA) is 93.7 Å². The highest BCUT2D eigenvalue weighted by Crippen LogP contribution is 2.25. The first-order valence-corrected chi connectivity index (χ1v) is 8.41. The maximum Gasteiger partial charge on any atom is 0.348 e. The minimum Gasteiger partial charge on any atom is -0.465 e. The third kappa shape index (κ3) is 3.62. The van der Waals surface area contributed by atoms with Crippen molar-refractivity contribution in [1.29, 1.82) is 5.26 Å². The third-order valence-corrected chi connectivity index (χ3v) is 4.10. The number of rotatable bonds is 4. The van der Waals surface area contributed by atoms with Crippen molar-refractivity contribution in [2.75, 3.05) is 7.11 Å². The summed E-state index contributed by atoms with van der Waals surface area (Å²) in [5, 5.41) is 9.26. The average Bonchev–Trinajstić information content (AvgIpc) is 2.70. The molecular formula is C21H17N3O4. The molecule has 0 atom stereocenters. The summed E-state index contributed by atoms with van der Waals surface area (Å²) in [6, 6.07) is 12.5. The number of fused-ring (bicyclic) bond motifs is 1. The number of aryl methyl sites for hydroxylation is 2. The van der Waals surface area contributed by atoms with Crippen molar-refractivity contribution in [3.05, 3.63) is 75.2 Å². The molecule has 0 saturated heterocycles. The van der Waals surface area contributed by atoms with Crippen LogP contribution in [0.25, 0.3) is 11.7 Å². The van der Waals surface area contributed by atoms with Crippen molar-refractivity contribution in [3.63, 3.8) is 0 Å². The zero-order chi connectivity index (χ0) is 20.3. The van der Waals surface area contributed by atoms with Crippen molar-refractivity contribution in [2.24, 2.45) is 0 Å². The summed E-state index contributed by atoms with van der Waals surface area (Å²) < 4.78 is 11.8. The SMILES string of the molecule is COC(=O)/C(C#N)=C/c1c(Oc2ccc(C)cc2)nc2c(C)cccn2c1=O. The van der Waals surface area contributed by atoms with Crippen LogP contribution < -0.4 is 10.3 Å². The third-order valence-electron chi connectivity index (χ3n) is 4.10. The van der Waals surface area contributed by atoms with Gasteiger partial charge in [-0.05, 0) is 43.7 Å². The van der Waals surface area contributed by atoms with Crippen molar-refractivity contribution >= 4 is 17.7 Å². The van der Waals surface area contributed by atoms with E-state index in [0.29, 0.717) is 11.4 Å². The zero-order valence-corrected chi connectivity index (χ0v) is 15.6. The summed E-state index contributed by atoms with van der Waals surface area (Å²) in [7, 11) is 1.16. The van der Waals surface area contributed by atoms with E-state index < -0.39 is 11.5 Å². The first-order valence-electron chi connectivity index (χ1n) is 8.41. The summed E-state index contributed by atoms with van der Waals surface area (Å²) in [5.41, 5.74) is 1.42. The quantitative estimate of drug-likeness (QED) is 0.395. The first kappa shape index (κ1) is 18.9. The fourth-order valence-electron chi connectivity index (χ4n) is 2.60. The van der Waals surface area contributed by atoms with Gasteiger partial charge in [-0.15, -0.1) is 0 Å². The number of hydrogen-bond donors (Lipinski definition) is 0. The van der Waals surface area contributed by atoms with Crippen LogP contribution in [0, 0.1) is 25.2 Å². The molecule has 0 fully saturated rings. The second-order valence-corrected chi connectivity index (χ2v) is 6.10.